The topological polar surface area (TPSA) is 160 Å². The molecule has 2 aliphatic rings. The van der Waals surface area contributed by atoms with Gasteiger partial charge in [0.2, 0.25) is 0 Å². The molecule has 0 saturated heterocycles. The SMILES string of the molecule is CC(C)c1ccc2c(c1)C(=O)C(O)C1[C@@](C)(C=NOCCN)CCC[C@]21C.O=C(O)/C=C/C(=O)O. The third kappa shape index (κ3) is 6.35. The molecule has 0 aromatic heterocycles. The number of carbonyl (C=O) groups is 3. The lowest BCUT2D eigenvalue weighted by molar-refractivity contribution is -0.134. The zero-order chi connectivity index (χ0) is 26.4. The predicted octanol–water partition coefficient (Wildman–Crippen LogP) is 3.10. The molecule has 2 aliphatic carbocycles. The summed E-state index contributed by atoms with van der Waals surface area (Å²) in [5, 5.41) is 30.8. The minimum absolute atomic E-state index is 0.167. The van der Waals surface area contributed by atoms with E-state index in [2.05, 4.69) is 45.0 Å². The van der Waals surface area contributed by atoms with Crippen LogP contribution in [-0.2, 0) is 19.8 Å². The molecule has 0 aliphatic heterocycles. The lowest BCUT2D eigenvalue weighted by Crippen LogP contribution is -2.58. The Balaban J connectivity index is 0.000000466. The Kier molecular flexibility index (Phi) is 9.34. The zero-order valence-corrected chi connectivity index (χ0v) is 20.7. The molecule has 4 atom stereocenters. The van der Waals surface area contributed by atoms with Gasteiger partial charge in [0.1, 0.15) is 12.7 Å². The van der Waals surface area contributed by atoms with Gasteiger partial charge in [0.15, 0.2) is 5.78 Å². The van der Waals surface area contributed by atoms with Gasteiger partial charge in [0.25, 0.3) is 0 Å². The fraction of sp³-hybridized carbons (Fsp3) is 0.538. The molecule has 3 rings (SSSR count). The van der Waals surface area contributed by atoms with Crippen molar-refractivity contribution in [2.75, 3.05) is 13.2 Å². The number of hydrogen-bond acceptors (Lipinski definition) is 7. The van der Waals surface area contributed by atoms with E-state index >= 15 is 0 Å². The van der Waals surface area contributed by atoms with Crippen LogP contribution in [0.3, 0.4) is 0 Å². The molecule has 0 radical (unpaired) electrons. The number of aliphatic hydroxyl groups excluding tert-OH is 1. The van der Waals surface area contributed by atoms with E-state index < -0.39 is 23.5 Å². The van der Waals surface area contributed by atoms with Gasteiger partial charge in [0.05, 0.1) is 6.21 Å². The largest absolute Gasteiger partial charge is 0.478 e. The number of benzene rings is 1. The van der Waals surface area contributed by atoms with E-state index in [1.165, 1.54) is 0 Å². The maximum absolute atomic E-state index is 13.1. The number of carboxylic acid groups (broad SMARTS) is 2. The Bertz CT molecular complexity index is 987. The van der Waals surface area contributed by atoms with Gasteiger partial charge in [0, 0.05) is 35.6 Å². The molecule has 0 bridgehead atoms. The number of ketones is 1. The molecule has 9 nitrogen and oxygen atoms in total. The van der Waals surface area contributed by atoms with Gasteiger partial charge in [-0.25, -0.2) is 9.59 Å². The van der Waals surface area contributed by atoms with Crippen LogP contribution in [0.15, 0.2) is 35.5 Å². The summed E-state index contributed by atoms with van der Waals surface area (Å²) in [4.78, 5) is 37.4. The normalized spacial score (nSPS) is 27.8. The summed E-state index contributed by atoms with van der Waals surface area (Å²) in [6.45, 7) is 9.26. The second-order valence-corrected chi connectivity index (χ2v) is 9.89. The van der Waals surface area contributed by atoms with Crippen molar-refractivity contribution >= 4 is 23.9 Å². The van der Waals surface area contributed by atoms with Crippen LogP contribution in [0.5, 0.6) is 0 Å². The van der Waals surface area contributed by atoms with E-state index in [0.29, 0.717) is 36.8 Å². The average molecular weight is 489 g/mol. The summed E-state index contributed by atoms with van der Waals surface area (Å²) >= 11 is 0. The van der Waals surface area contributed by atoms with Crippen molar-refractivity contribution in [2.45, 2.75) is 64.4 Å². The number of rotatable bonds is 7. The van der Waals surface area contributed by atoms with Crippen molar-refractivity contribution in [3.05, 3.63) is 47.0 Å². The first kappa shape index (κ1) is 28.2. The van der Waals surface area contributed by atoms with Gasteiger partial charge in [-0.3, -0.25) is 4.79 Å². The number of Topliss-reactive ketones (excluding diaryl/α,β-unsaturated/α-hetero) is 1. The summed E-state index contributed by atoms with van der Waals surface area (Å²) < 4.78 is 0. The Hall–Kier alpha value is -3.04. The Morgan fingerprint density at radius 1 is 1.20 bits per heavy atom. The first-order valence-electron chi connectivity index (χ1n) is 11.7. The number of aliphatic carboxylic acids is 2. The van der Waals surface area contributed by atoms with Crippen molar-refractivity contribution in [3.8, 4) is 0 Å². The maximum atomic E-state index is 13.1. The van der Waals surface area contributed by atoms with Gasteiger partial charge >= 0.3 is 11.9 Å². The second-order valence-electron chi connectivity index (χ2n) is 9.89. The lowest BCUT2D eigenvalue weighted by Gasteiger charge is -2.55. The molecule has 1 saturated carbocycles. The number of fused-ring (bicyclic) bond motifs is 3. The monoisotopic (exact) mass is 488 g/mol. The fourth-order valence-electron chi connectivity index (χ4n) is 5.37. The standard InChI is InChI=1S/C22H32N2O3.C4H4O4/c1-14(2)15-6-7-17-16(12-15)18(25)19(26)20-21(3,13-24-27-11-10-23)8-5-9-22(17,20)4;5-3(6)1-2-4(7)8/h6-7,12-14,19-20,26H,5,8-11,23H2,1-4H3;1-2H,(H,5,6)(H,7,8)/b;2-1+/t19?,20?,21-,22-;/m1./s1. The minimum atomic E-state index is -1.26. The third-order valence-electron chi connectivity index (χ3n) is 6.98. The van der Waals surface area contributed by atoms with E-state index in [-0.39, 0.29) is 17.1 Å². The van der Waals surface area contributed by atoms with Crippen LogP contribution in [0.2, 0.25) is 0 Å². The Morgan fingerprint density at radius 2 is 1.83 bits per heavy atom. The van der Waals surface area contributed by atoms with Gasteiger partial charge in [-0.1, -0.05) is 51.4 Å². The highest BCUT2D eigenvalue weighted by Crippen LogP contribution is 2.56. The molecule has 1 aromatic carbocycles. The third-order valence-corrected chi connectivity index (χ3v) is 6.98. The van der Waals surface area contributed by atoms with Crippen LogP contribution >= 0.6 is 0 Å². The number of carbonyl (C=O) groups excluding carboxylic acids is 1. The first-order valence-corrected chi connectivity index (χ1v) is 11.7. The summed E-state index contributed by atoms with van der Waals surface area (Å²) in [7, 11) is 0. The summed E-state index contributed by atoms with van der Waals surface area (Å²) in [5.74, 6) is -2.57. The number of carboxylic acids is 2. The van der Waals surface area contributed by atoms with Gasteiger partial charge in [-0.15, -0.1) is 0 Å². The van der Waals surface area contributed by atoms with Crippen LogP contribution in [0.25, 0.3) is 0 Å². The van der Waals surface area contributed by atoms with Crippen LogP contribution in [0.1, 0.15) is 74.4 Å². The minimum Gasteiger partial charge on any atom is -0.478 e. The Morgan fingerprint density at radius 3 is 2.37 bits per heavy atom. The van der Waals surface area contributed by atoms with Gasteiger partial charge < -0.3 is 25.9 Å². The highest BCUT2D eigenvalue weighted by Gasteiger charge is 2.57. The molecule has 1 fully saturated rings. The molecule has 0 spiro atoms. The van der Waals surface area contributed by atoms with Crippen molar-refractivity contribution in [2.24, 2.45) is 22.2 Å². The van der Waals surface area contributed by atoms with Crippen LogP contribution in [0, 0.1) is 11.3 Å². The number of aliphatic hydroxyl groups is 1. The summed E-state index contributed by atoms with van der Waals surface area (Å²) in [5.41, 5.74) is 7.65. The molecular weight excluding hydrogens is 452 g/mol. The number of nitrogens with zero attached hydrogens (tertiary/aromatic N) is 1. The smallest absolute Gasteiger partial charge is 0.328 e. The predicted molar refractivity (Wildman–Crippen MR) is 132 cm³/mol. The van der Waals surface area contributed by atoms with E-state index in [1.54, 1.807) is 6.21 Å². The van der Waals surface area contributed by atoms with Crippen LogP contribution in [-0.4, -0.2) is 58.5 Å². The molecule has 0 amide bonds. The highest BCUT2D eigenvalue weighted by atomic mass is 16.6. The molecular formula is C26H36N2O7. The van der Waals surface area contributed by atoms with Crippen LogP contribution in [0.4, 0.5) is 0 Å². The molecule has 0 heterocycles. The number of oxime groups is 1. The highest BCUT2D eigenvalue weighted by molar-refractivity contribution is 6.03. The molecule has 2 unspecified atom stereocenters. The summed E-state index contributed by atoms with van der Waals surface area (Å²) in [6, 6.07) is 6.22. The van der Waals surface area contributed by atoms with Crippen molar-refractivity contribution in [1.29, 1.82) is 0 Å². The van der Waals surface area contributed by atoms with Gasteiger partial charge in [-0.05, 0) is 41.4 Å². The molecule has 35 heavy (non-hydrogen) atoms. The van der Waals surface area contributed by atoms with Crippen molar-refractivity contribution in [1.82, 2.24) is 0 Å². The number of hydrogen-bond donors (Lipinski definition) is 4. The average Bonchev–Trinajstić information content (AvgIpc) is 2.79. The molecule has 1 aromatic rings. The van der Waals surface area contributed by atoms with E-state index in [4.69, 9.17) is 20.8 Å². The van der Waals surface area contributed by atoms with E-state index in [0.717, 1.165) is 30.4 Å². The van der Waals surface area contributed by atoms with Crippen LogP contribution < -0.4 is 5.73 Å². The number of nitrogens with two attached hydrogens (primary N) is 1. The Labute approximate surface area is 205 Å². The molecule has 192 valence electrons. The quantitative estimate of drug-likeness (QED) is 0.197. The summed E-state index contributed by atoms with van der Waals surface area (Å²) in [6.07, 6.45) is 4.70. The van der Waals surface area contributed by atoms with Gasteiger partial charge in [-0.2, -0.15) is 0 Å². The maximum Gasteiger partial charge on any atom is 0.328 e. The zero-order valence-electron chi connectivity index (χ0n) is 20.7. The lowest BCUT2D eigenvalue weighted by atomic mass is 9.49. The van der Waals surface area contributed by atoms with E-state index in [9.17, 15) is 19.5 Å². The van der Waals surface area contributed by atoms with E-state index in [1.807, 2.05) is 6.07 Å². The second kappa shape index (κ2) is 11.6. The van der Waals surface area contributed by atoms with Crippen molar-refractivity contribution in [3.63, 3.8) is 0 Å². The first-order chi connectivity index (χ1) is 16.4. The fourth-order valence-corrected chi connectivity index (χ4v) is 5.37. The molecule has 5 N–H and O–H groups in total. The van der Waals surface area contributed by atoms with Crippen molar-refractivity contribution < 1.29 is 34.5 Å². The molecule has 9 heteroatoms.